The molecule has 2 aliphatic carbocycles. The van der Waals surface area contributed by atoms with E-state index in [0.29, 0.717) is 11.3 Å². The minimum Gasteiger partial charge on any atom is -0.342 e. The van der Waals surface area contributed by atoms with E-state index in [4.69, 9.17) is 0 Å². The van der Waals surface area contributed by atoms with E-state index in [1.807, 2.05) is 37.1 Å². The number of hydrogen-bond donors (Lipinski definition) is 0. The number of ketones is 1. The van der Waals surface area contributed by atoms with Crippen molar-refractivity contribution < 1.29 is 9.59 Å². The van der Waals surface area contributed by atoms with Crippen molar-refractivity contribution in [3.05, 3.63) is 46.4 Å². The molecule has 1 unspecified atom stereocenters. The van der Waals surface area contributed by atoms with Crippen molar-refractivity contribution in [2.24, 2.45) is 17.8 Å². The molecule has 1 aromatic carbocycles. The highest BCUT2D eigenvalue weighted by atomic mass is 16.2. The van der Waals surface area contributed by atoms with E-state index in [1.54, 1.807) is 4.57 Å². The third kappa shape index (κ3) is 4.46. The maximum absolute atomic E-state index is 13.8. The summed E-state index contributed by atoms with van der Waals surface area (Å²) in [6.45, 7) is 5.48. The Morgan fingerprint density at radius 2 is 1.68 bits per heavy atom. The zero-order chi connectivity index (χ0) is 23.8. The molecule has 0 radical (unpaired) electrons. The van der Waals surface area contributed by atoms with Crippen LogP contribution < -0.4 is 5.56 Å². The first kappa shape index (κ1) is 23.3. The number of carbonyl (C=O) groups is 2. The van der Waals surface area contributed by atoms with Gasteiger partial charge >= 0.3 is 0 Å². The van der Waals surface area contributed by atoms with Gasteiger partial charge < -0.3 is 9.47 Å². The number of likely N-dealkylation sites (tertiary alicyclic amines) is 1. The van der Waals surface area contributed by atoms with Gasteiger partial charge in [0.25, 0.3) is 5.56 Å². The van der Waals surface area contributed by atoms with Crippen molar-refractivity contribution in [1.29, 1.82) is 0 Å². The van der Waals surface area contributed by atoms with Crippen LogP contribution in [-0.4, -0.2) is 34.2 Å². The first-order chi connectivity index (χ1) is 16.5. The molecule has 3 fully saturated rings. The lowest BCUT2D eigenvalue weighted by atomic mass is 9.80. The first-order valence-corrected chi connectivity index (χ1v) is 13.4. The fourth-order valence-electron chi connectivity index (χ4n) is 6.30. The minimum atomic E-state index is -0.373. The van der Waals surface area contributed by atoms with Crippen LogP contribution in [0.15, 0.2) is 35.3 Å². The Labute approximate surface area is 202 Å². The predicted octanol–water partition coefficient (Wildman–Crippen LogP) is 5.46. The number of benzene rings is 1. The Morgan fingerprint density at radius 1 is 0.912 bits per heavy atom. The number of fused-ring (bicyclic) bond motifs is 1. The van der Waals surface area contributed by atoms with Crippen LogP contribution in [0.25, 0.3) is 10.8 Å². The summed E-state index contributed by atoms with van der Waals surface area (Å²) in [5.74, 6) is 1.12. The zero-order valence-corrected chi connectivity index (χ0v) is 20.7. The molecular weight excluding hydrogens is 424 g/mol. The maximum atomic E-state index is 13.8. The Bertz CT molecular complexity index is 1120. The van der Waals surface area contributed by atoms with Crippen molar-refractivity contribution in [1.82, 2.24) is 9.47 Å². The van der Waals surface area contributed by atoms with Gasteiger partial charge in [0.2, 0.25) is 5.91 Å². The summed E-state index contributed by atoms with van der Waals surface area (Å²) >= 11 is 0. The molecule has 1 amide bonds. The van der Waals surface area contributed by atoms with Gasteiger partial charge in [0.05, 0.1) is 6.04 Å². The summed E-state index contributed by atoms with van der Waals surface area (Å²) in [4.78, 5) is 41.8. The molecule has 1 aliphatic heterocycles. The van der Waals surface area contributed by atoms with Gasteiger partial charge in [0.15, 0.2) is 5.78 Å². The number of amides is 1. The largest absolute Gasteiger partial charge is 0.342 e. The molecule has 0 spiro atoms. The number of nitrogens with zero attached hydrogens (tertiary/aromatic N) is 2. The van der Waals surface area contributed by atoms with Gasteiger partial charge in [0.1, 0.15) is 0 Å². The minimum absolute atomic E-state index is 0.0503. The summed E-state index contributed by atoms with van der Waals surface area (Å²) in [5, 5.41) is 1.68. The Hall–Kier alpha value is -2.43. The smallest absolute Gasteiger partial charge is 0.259 e. The summed E-state index contributed by atoms with van der Waals surface area (Å²) in [5.41, 5.74) is 1.12. The Morgan fingerprint density at radius 3 is 2.38 bits per heavy atom. The summed E-state index contributed by atoms with van der Waals surface area (Å²) in [6.07, 6.45) is 11.5. The molecule has 5 rings (SSSR count). The van der Waals surface area contributed by atoms with E-state index < -0.39 is 0 Å². The van der Waals surface area contributed by atoms with Crippen LogP contribution in [0.5, 0.6) is 0 Å². The van der Waals surface area contributed by atoms with Crippen LogP contribution in [0.3, 0.4) is 0 Å². The number of Topliss-reactive ketones (excluding diaryl/α,β-unsaturated/α-hetero) is 1. The van der Waals surface area contributed by atoms with E-state index in [9.17, 15) is 14.4 Å². The monoisotopic (exact) mass is 462 g/mol. The zero-order valence-electron chi connectivity index (χ0n) is 20.7. The van der Waals surface area contributed by atoms with Gasteiger partial charge in [-0.05, 0) is 67.5 Å². The van der Waals surface area contributed by atoms with Crippen LogP contribution in [-0.2, 0) is 9.59 Å². The third-order valence-electron chi connectivity index (χ3n) is 8.36. The van der Waals surface area contributed by atoms with Crippen molar-refractivity contribution in [3.8, 4) is 0 Å². The highest BCUT2D eigenvalue weighted by Gasteiger charge is 2.36. The number of hydrogen-bond acceptors (Lipinski definition) is 3. The molecule has 5 nitrogen and oxygen atoms in total. The van der Waals surface area contributed by atoms with Gasteiger partial charge in [-0.1, -0.05) is 45.2 Å². The van der Waals surface area contributed by atoms with Gasteiger partial charge in [-0.25, -0.2) is 0 Å². The molecule has 34 heavy (non-hydrogen) atoms. The molecule has 182 valence electrons. The molecule has 2 saturated carbocycles. The number of pyridine rings is 1. The van der Waals surface area contributed by atoms with Crippen LogP contribution in [0.4, 0.5) is 0 Å². The van der Waals surface area contributed by atoms with Crippen molar-refractivity contribution in [2.75, 3.05) is 13.1 Å². The normalized spacial score (nSPS) is 22.8. The van der Waals surface area contributed by atoms with Crippen LogP contribution in [0, 0.1) is 17.8 Å². The first-order valence-electron chi connectivity index (χ1n) is 13.4. The molecule has 2 aromatic rings. The summed E-state index contributed by atoms with van der Waals surface area (Å²) in [7, 11) is 0. The van der Waals surface area contributed by atoms with Gasteiger partial charge in [-0.15, -0.1) is 0 Å². The van der Waals surface area contributed by atoms with E-state index in [-0.39, 0.29) is 41.1 Å². The summed E-state index contributed by atoms with van der Waals surface area (Å²) in [6, 6.07) is 7.69. The lowest BCUT2D eigenvalue weighted by molar-refractivity contribution is -0.133. The summed E-state index contributed by atoms with van der Waals surface area (Å²) < 4.78 is 1.74. The lowest BCUT2D eigenvalue weighted by Crippen LogP contribution is -2.40. The molecule has 2 heterocycles. The fourth-order valence-corrected chi connectivity index (χ4v) is 6.30. The number of carbonyl (C=O) groups excluding carboxylic acids is 2. The average Bonchev–Trinajstić information content (AvgIpc) is 3.71. The number of piperidine rings is 1. The molecule has 3 aliphatic rings. The van der Waals surface area contributed by atoms with Crippen molar-refractivity contribution in [3.63, 3.8) is 0 Å². The molecule has 1 saturated heterocycles. The lowest BCUT2D eigenvalue weighted by Gasteiger charge is -2.34. The van der Waals surface area contributed by atoms with Crippen LogP contribution in [0.1, 0.15) is 89.2 Å². The predicted molar refractivity (Wildman–Crippen MR) is 135 cm³/mol. The van der Waals surface area contributed by atoms with Crippen molar-refractivity contribution >= 4 is 22.5 Å². The highest BCUT2D eigenvalue weighted by Crippen LogP contribution is 2.37. The third-order valence-corrected chi connectivity index (χ3v) is 8.36. The standard InChI is InChI=1S/C29H38N2O3/c1-19(2)27(32)26(20-8-4-3-5-9-20)31-17-15-24-23(11-6-12-25(24)29(31)34)22-10-7-16-30(18-22)28(33)21-13-14-21/h6,11-12,15,17,19-22,26H,3-5,7-10,13-14,16,18H2,1-2H3/t22?,26-/m1/s1. The quantitative estimate of drug-likeness (QED) is 0.572. The molecule has 0 N–H and O–H groups in total. The molecular formula is C29H38N2O3. The van der Waals surface area contributed by atoms with Gasteiger partial charge in [-0.3, -0.25) is 14.4 Å². The second-order valence-corrected chi connectivity index (χ2v) is 11.1. The topological polar surface area (TPSA) is 59.4 Å². The van der Waals surface area contributed by atoms with Crippen LogP contribution >= 0.6 is 0 Å². The molecule has 2 atom stereocenters. The van der Waals surface area contributed by atoms with Gasteiger partial charge in [0, 0.05) is 42.4 Å². The average molecular weight is 463 g/mol. The molecule has 1 aromatic heterocycles. The van der Waals surface area contributed by atoms with E-state index in [1.165, 1.54) is 12.0 Å². The SMILES string of the molecule is CC(C)C(=O)[C@@H](C1CCCCC1)n1ccc2c(C3CCCN(C(=O)C4CC4)C3)cccc2c1=O. The second-order valence-electron chi connectivity index (χ2n) is 11.1. The second kappa shape index (κ2) is 9.67. The van der Waals surface area contributed by atoms with E-state index >= 15 is 0 Å². The van der Waals surface area contributed by atoms with E-state index in [2.05, 4.69) is 12.1 Å². The van der Waals surface area contributed by atoms with E-state index in [0.717, 1.165) is 69.8 Å². The molecule has 0 bridgehead atoms. The van der Waals surface area contributed by atoms with Gasteiger partial charge in [-0.2, -0.15) is 0 Å². The Kier molecular flexibility index (Phi) is 6.63. The molecule has 5 heteroatoms. The van der Waals surface area contributed by atoms with Crippen LogP contribution in [0.2, 0.25) is 0 Å². The number of aromatic nitrogens is 1. The van der Waals surface area contributed by atoms with Crippen molar-refractivity contribution in [2.45, 2.75) is 83.6 Å². The fraction of sp³-hybridized carbons (Fsp3) is 0.621. The number of rotatable bonds is 6. The maximum Gasteiger partial charge on any atom is 0.259 e. The highest BCUT2D eigenvalue weighted by molar-refractivity contribution is 5.88. The Balaban J connectivity index is 1.50.